The highest BCUT2D eigenvalue weighted by Gasteiger charge is 2.30. The zero-order valence-corrected chi connectivity index (χ0v) is 14.0. The summed E-state index contributed by atoms with van der Waals surface area (Å²) in [4.78, 5) is 24.7. The molecule has 4 nitrogen and oxygen atoms in total. The van der Waals surface area contributed by atoms with Gasteiger partial charge in [-0.05, 0) is 41.5 Å². The van der Waals surface area contributed by atoms with Gasteiger partial charge in [0, 0.05) is 25.2 Å². The average Bonchev–Trinajstić information content (AvgIpc) is 2.59. The number of nitrogens with two attached hydrogens (primary N) is 1. The van der Waals surface area contributed by atoms with Gasteiger partial charge >= 0.3 is 6.18 Å². The van der Waals surface area contributed by atoms with Gasteiger partial charge in [0.05, 0.1) is 5.56 Å². The highest BCUT2D eigenvalue weighted by Crippen LogP contribution is 2.29. The largest absolute Gasteiger partial charge is 0.416 e. The Labute approximate surface area is 148 Å². The summed E-state index contributed by atoms with van der Waals surface area (Å²) < 4.78 is 38.1. The number of rotatable bonds is 5. The summed E-state index contributed by atoms with van der Waals surface area (Å²) in [7, 11) is 1.55. The number of carbonyl (C=O) groups excluding carboxylic acids is 2. The third-order valence-corrected chi connectivity index (χ3v) is 3.64. The quantitative estimate of drug-likeness (QED) is 0.828. The molecular formula is C19H17F3N2O2. The van der Waals surface area contributed by atoms with Gasteiger partial charge < -0.3 is 10.6 Å². The lowest BCUT2D eigenvalue weighted by Crippen LogP contribution is -2.24. The van der Waals surface area contributed by atoms with Crippen LogP contribution in [0.5, 0.6) is 0 Å². The van der Waals surface area contributed by atoms with Gasteiger partial charge in [-0.2, -0.15) is 13.2 Å². The van der Waals surface area contributed by atoms with Crippen LogP contribution in [0.4, 0.5) is 13.2 Å². The zero-order valence-electron chi connectivity index (χ0n) is 14.0. The van der Waals surface area contributed by atoms with E-state index in [1.165, 1.54) is 29.2 Å². The predicted molar refractivity (Wildman–Crippen MR) is 91.9 cm³/mol. The molecule has 0 radical (unpaired) electrons. The summed E-state index contributed by atoms with van der Waals surface area (Å²) in [5.74, 6) is -0.947. The second kappa shape index (κ2) is 7.86. The Bertz CT molecular complexity index is 845. The highest BCUT2D eigenvalue weighted by molar-refractivity contribution is 5.93. The third-order valence-electron chi connectivity index (χ3n) is 3.64. The molecule has 0 aliphatic rings. The molecule has 2 aromatic rings. The van der Waals surface area contributed by atoms with Crippen molar-refractivity contribution in [2.24, 2.45) is 5.73 Å². The number of alkyl halides is 3. The van der Waals surface area contributed by atoms with E-state index in [1.54, 1.807) is 31.3 Å². The van der Waals surface area contributed by atoms with Crippen molar-refractivity contribution in [2.45, 2.75) is 12.7 Å². The molecule has 0 heterocycles. The minimum atomic E-state index is -4.43. The molecule has 0 spiro atoms. The SMILES string of the molecule is CN(Cc1cccc(C(N)=O)c1)C(=O)C=Cc1cccc(C(F)(F)F)c1. The van der Waals surface area contributed by atoms with Crippen LogP contribution >= 0.6 is 0 Å². The van der Waals surface area contributed by atoms with Crippen molar-refractivity contribution in [3.63, 3.8) is 0 Å². The van der Waals surface area contributed by atoms with E-state index < -0.39 is 17.6 Å². The summed E-state index contributed by atoms with van der Waals surface area (Å²) in [6.45, 7) is 0.229. The summed E-state index contributed by atoms with van der Waals surface area (Å²) in [6, 6.07) is 11.3. The van der Waals surface area contributed by atoms with Gasteiger partial charge in [0.1, 0.15) is 0 Å². The Balaban J connectivity index is 2.06. The number of hydrogen-bond acceptors (Lipinski definition) is 2. The van der Waals surface area contributed by atoms with Gasteiger partial charge in [-0.1, -0.05) is 24.3 Å². The monoisotopic (exact) mass is 362 g/mol. The van der Waals surface area contributed by atoms with Crippen LogP contribution in [0.25, 0.3) is 6.08 Å². The minimum absolute atomic E-state index is 0.229. The molecule has 0 aliphatic carbocycles. The van der Waals surface area contributed by atoms with Gasteiger partial charge in [-0.15, -0.1) is 0 Å². The maximum atomic E-state index is 12.7. The maximum Gasteiger partial charge on any atom is 0.416 e. The van der Waals surface area contributed by atoms with Gasteiger partial charge in [0.25, 0.3) is 0 Å². The van der Waals surface area contributed by atoms with Crippen LogP contribution in [-0.4, -0.2) is 23.8 Å². The second-order valence-electron chi connectivity index (χ2n) is 5.72. The fourth-order valence-electron chi connectivity index (χ4n) is 2.29. The van der Waals surface area contributed by atoms with Crippen molar-refractivity contribution >= 4 is 17.9 Å². The first-order valence-electron chi connectivity index (χ1n) is 7.66. The summed E-state index contributed by atoms with van der Waals surface area (Å²) in [5.41, 5.74) is 5.77. The van der Waals surface area contributed by atoms with Gasteiger partial charge in [0.2, 0.25) is 11.8 Å². The number of hydrogen-bond donors (Lipinski definition) is 1. The fraction of sp³-hybridized carbons (Fsp3) is 0.158. The Morgan fingerprint density at radius 3 is 2.46 bits per heavy atom. The predicted octanol–water partition coefficient (Wildman–Crippen LogP) is 3.48. The number of likely N-dealkylation sites (N-methyl/N-ethyl adjacent to an activating group) is 1. The Hall–Kier alpha value is -3.09. The Morgan fingerprint density at radius 2 is 1.81 bits per heavy atom. The summed E-state index contributed by atoms with van der Waals surface area (Å²) in [5, 5.41) is 0. The van der Waals surface area contributed by atoms with Gasteiger partial charge in [-0.25, -0.2) is 0 Å². The zero-order chi connectivity index (χ0) is 19.3. The van der Waals surface area contributed by atoms with Crippen molar-refractivity contribution in [2.75, 3.05) is 7.05 Å². The Morgan fingerprint density at radius 1 is 1.12 bits per heavy atom. The van der Waals surface area contributed by atoms with E-state index in [-0.39, 0.29) is 18.0 Å². The molecule has 0 atom stereocenters. The molecule has 2 amide bonds. The topological polar surface area (TPSA) is 63.4 Å². The smallest absolute Gasteiger partial charge is 0.366 e. The average molecular weight is 362 g/mol. The van der Waals surface area contributed by atoms with Crippen LogP contribution < -0.4 is 5.73 Å². The van der Waals surface area contributed by atoms with E-state index >= 15 is 0 Å². The molecule has 0 bridgehead atoms. The molecule has 2 rings (SSSR count). The minimum Gasteiger partial charge on any atom is -0.366 e. The van der Waals surface area contributed by atoms with Crippen LogP contribution in [0, 0.1) is 0 Å². The first-order valence-corrected chi connectivity index (χ1v) is 7.66. The van der Waals surface area contributed by atoms with E-state index in [2.05, 4.69) is 0 Å². The number of benzene rings is 2. The molecule has 0 saturated carbocycles. The number of primary amides is 1. The lowest BCUT2D eigenvalue weighted by Gasteiger charge is -2.15. The molecule has 26 heavy (non-hydrogen) atoms. The second-order valence-corrected chi connectivity index (χ2v) is 5.72. The van der Waals surface area contributed by atoms with E-state index in [1.807, 2.05) is 0 Å². The van der Waals surface area contributed by atoms with Crippen molar-refractivity contribution in [3.8, 4) is 0 Å². The molecule has 0 unspecified atom stereocenters. The van der Waals surface area contributed by atoms with Crippen molar-refractivity contribution < 1.29 is 22.8 Å². The van der Waals surface area contributed by atoms with Crippen molar-refractivity contribution in [1.82, 2.24) is 4.90 Å². The lowest BCUT2D eigenvalue weighted by molar-refractivity contribution is -0.137. The number of halogens is 3. The molecule has 0 aromatic heterocycles. The standard InChI is InChI=1S/C19H17F3N2O2/c1-24(12-14-5-2-6-15(10-14)18(23)26)17(25)9-8-13-4-3-7-16(11-13)19(20,21)22/h2-11H,12H2,1H3,(H2,23,26). The fourth-order valence-corrected chi connectivity index (χ4v) is 2.29. The van der Waals surface area contributed by atoms with Crippen LogP contribution in [0.2, 0.25) is 0 Å². The highest BCUT2D eigenvalue weighted by atomic mass is 19.4. The van der Waals surface area contributed by atoms with Crippen LogP contribution in [0.3, 0.4) is 0 Å². The third kappa shape index (κ3) is 5.20. The van der Waals surface area contributed by atoms with Crippen molar-refractivity contribution in [3.05, 3.63) is 76.9 Å². The summed E-state index contributed by atoms with van der Waals surface area (Å²) >= 11 is 0. The van der Waals surface area contributed by atoms with E-state index in [0.29, 0.717) is 11.1 Å². The van der Waals surface area contributed by atoms with E-state index in [4.69, 9.17) is 5.73 Å². The first-order chi connectivity index (χ1) is 12.2. The normalized spacial score (nSPS) is 11.5. The van der Waals surface area contributed by atoms with Crippen molar-refractivity contribution in [1.29, 1.82) is 0 Å². The molecule has 0 saturated heterocycles. The van der Waals surface area contributed by atoms with Crippen LogP contribution in [-0.2, 0) is 17.5 Å². The number of nitrogens with zero attached hydrogens (tertiary/aromatic N) is 1. The molecule has 2 N–H and O–H groups in total. The Kier molecular flexibility index (Phi) is 5.82. The van der Waals surface area contributed by atoms with E-state index in [9.17, 15) is 22.8 Å². The molecular weight excluding hydrogens is 345 g/mol. The maximum absolute atomic E-state index is 12.7. The number of carbonyl (C=O) groups is 2. The molecule has 136 valence electrons. The first kappa shape index (κ1) is 19.2. The van der Waals surface area contributed by atoms with E-state index in [0.717, 1.165) is 12.1 Å². The number of amides is 2. The molecule has 7 heteroatoms. The molecule has 0 fully saturated rings. The van der Waals surface area contributed by atoms with Crippen LogP contribution in [0.1, 0.15) is 27.0 Å². The molecule has 2 aromatic carbocycles. The lowest BCUT2D eigenvalue weighted by atomic mass is 10.1. The van der Waals surface area contributed by atoms with Gasteiger partial charge in [-0.3, -0.25) is 9.59 Å². The van der Waals surface area contributed by atoms with Gasteiger partial charge in [0.15, 0.2) is 0 Å². The van der Waals surface area contributed by atoms with Crippen LogP contribution in [0.15, 0.2) is 54.6 Å². The molecule has 0 aliphatic heterocycles. The summed E-state index contributed by atoms with van der Waals surface area (Å²) in [6.07, 6.45) is -1.91.